The van der Waals surface area contributed by atoms with E-state index in [-0.39, 0.29) is 5.97 Å². The molecule has 0 unspecified atom stereocenters. The van der Waals surface area contributed by atoms with Crippen molar-refractivity contribution in [3.63, 3.8) is 0 Å². The van der Waals surface area contributed by atoms with Crippen LogP contribution < -0.4 is 4.74 Å². The van der Waals surface area contributed by atoms with Crippen LogP contribution in [0.5, 0.6) is 5.75 Å². The van der Waals surface area contributed by atoms with E-state index in [0.29, 0.717) is 5.56 Å². The molecule has 0 spiro atoms. The molecule has 0 amide bonds. The van der Waals surface area contributed by atoms with Gasteiger partial charge in [-0.05, 0) is 35.9 Å². The van der Waals surface area contributed by atoms with Gasteiger partial charge in [0.25, 0.3) is 0 Å². The fraction of sp³-hybridized carbons (Fsp3) is 0.111. The van der Waals surface area contributed by atoms with Crippen molar-refractivity contribution in [1.82, 2.24) is 4.98 Å². The molecule has 0 aliphatic rings. The number of methoxy groups -OCH3 is 2. The van der Waals surface area contributed by atoms with Crippen LogP contribution in [0.25, 0.3) is 22.0 Å². The van der Waals surface area contributed by atoms with Crippen LogP contribution >= 0.6 is 0 Å². The maximum absolute atomic E-state index is 11.8. The molecule has 1 heterocycles. The lowest BCUT2D eigenvalue weighted by Crippen LogP contribution is -2.01. The summed E-state index contributed by atoms with van der Waals surface area (Å²) < 4.78 is 10.2. The first kappa shape index (κ1) is 14.1. The van der Waals surface area contributed by atoms with Crippen molar-refractivity contribution in [2.24, 2.45) is 0 Å². The van der Waals surface area contributed by atoms with Gasteiger partial charge in [0.05, 0.1) is 25.3 Å². The van der Waals surface area contributed by atoms with Crippen molar-refractivity contribution in [2.75, 3.05) is 14.2 Å². The fourth-order valence-corrected chi connectivity index (χ4v) is 2.49. The number of fused-ring (bicyclic) bond motifs is 1. The number of benzene rings is 2. The summed E-state index contributed by atoms with van der Waals surface area (Å²) in [4.78, 5) is 16.1. The Kier molecular flexibility index (Phi) is 3.74. The third-order valence-electron chi connectivity index (χ3n) is 3.56. The van der Waals surface area contributed by atoms with Crippen molar-refractivity contribution in [2.45, 2.75) is 0 Å². The van der Waals surface area contributed by atoms with Gasteiger partial charge in [0.15, 0.2) is 0 Å². The molecule has 2 aromatic carbocycles. The van der Waals surface area contributed by atoms with E-state index in [2.05, 4.69) is 4.98 Å². The first-order valence-corrected chi connectivity index (χ1v) is 6.85. The van der Waals surface area contributed by atoms with Gasteiger partial charge >= 0.3 is 5.97 Å². The largest absolute Gasteiger partial charge is 0.496 e. The molecule has 0 fully saturated rings. The van der Waals surface area contributed by atoms with Gasteiger partial charge in [-0.1, -0.05) is 18.2 Å². The van der Waals surface area contributed by atoms with Crippen LogP contribution in [-0.2, 0) is 4.74 Å². The van der Waals surface area contributed by atoms with E-state index in [0.717, 1.165) is 27.8 Å². The average Bonchev–Trinajstić information content (AvgIpc) is 2.60. The molecule has 110 valence electrons. The van der Waals surface area contributed by atoms with Crippen molar-refractivity contribution in [1.29, 1.82) is 0 Å². The number of nitrogens with zero attached hydrogens (tertiary/aromatic N) is 1. The first-order valence-electron chi connectivity index (χ1n) is 6.85. The quantitative estimate of drug-likeness (QED) is 0.691. The molecular formula is C18H15NO3. The van der Waals surface area contributed by atoms with Crippen LogP contribution in [0.2, 0.25) is 0 Å². The molecule has 22 heavy (non-hydrogen) atoms. The summed E-state index contributed by atoms with van der Waals surface area (Å²) in [6, 6.07) is 15.0. The van der Waals surface area contributed by atoms with Gasteiger partial charge in [0.1, 0.15) is 5.75 Å². The molecule has 3 rings (SSSR count). The number of hydrogen-bond acceptors (Lipinski definition) is 4. The molecule has 0 N–H and O–H groups in total. The second-order valence-electron chi connectivity index (χ2n) is 4.78. The summed E-state index contributed by atoms with van der Waals surface area (Å²) >= 11 is 0. The van der Waals surface area contributed by atoms with Gasteiger partial charge in [-0.15, -0.1) is 0 Å². The Morgan fingerprint density at radius 2 is 1.82 bits per heavy atom. The van der Waals surface area contributed by atoms with Gasteiger partial charge in [0, 0.05) is 17.1 Å². The van der Waals surface area contributed by atoms with E-state index < -0.39 is 0 Å². The SMILES string of the molecule is COC(=O)c1ccc2nccc(-c3ccccc3OC)c2c1. The summed E-state index contributed by atoms with van der Waals surface area (Å²) in [6.07, 6.45) is 1.75. The predicted octanol–water partition coefficient (Wildman–Crippen LogP) is 3.70. The summed E-state index contributed by atoms with van der Waals surface area (Å²) in [6.45, 7) is 0. The molecule has 3 aromatic rings. The standard InChI is InChI=1S/C18H15NO3/c1-21-17-6-4-3-5-14(17)13-9-10-19-16-8-7-12(11-15(13)16)18(20)22-2/h3-11H,1-2H3. The fourth-order valence-electron chi connectivity index (χ4n) is 2.49. The summed E-state index contributed by atoms with van der Waals surface area (Å²) in [5, 5.41) is 0.884. The zero-order valence-electron chi connectivity index (χ0n) is 12.4. The highest BCUT2D eigenvalue weighted by Crippen LogP contribution is 2.34. The van der Waals surface area contributed by atoms with Crippen molar-refractivity contribution in [3.05, 3.63) is 60.3 Å². The zero-order chi connectivity index (χ0) is 15.5. The van der Waals surface area contributed by atoms with Crippen LogP contribution in [0, 0.1) is 0 Å². The number of carbonyl (C=O) groups excluding carboxylic acids is 1. The van der Waals surface area contributed by atoms with E-state index in [1.165, 1.54) is 7.11 Å². The van der Waals surface area contributed by atoms with Crippen molar-refractivity contribution < 1.29 is 14.3 Å². The molecule has 0 saturated carbocycles. The smallest absolute Gasteiger partial charge is 0.337 e. The van der Waals surface area contributed by atoms with E-state index in [1.54, 1.807) is 25.4 Å². The van der Waals surface area contributed by atoms with Gasteiger partial charge in [-0.3, -0.25) is 4.98 Å². The van der Waals surface area contributed by atoms with E-state index in [4.69, 9.17) is 9.47 Å². The monoisotopic (exact) mass is 293 g/mol. The van der Waals surface area contributed by atoms with Crippen LogP contribution in [0.15, 0.2) is 54.7 Å². The molecule has 4 heteroatoms. The third-order valence-corrected chi connectivity index (χ3v) is 3.56. The molecule has 4 nitrogen and oxygen atoms in total. The number of rotatable bonds is 3. The minimum absolute atomic E-state index is 0.364. The number of ether oxygens (including phenoxy) is 2. The molecule has 1 aromatic heterocycles. The highest BCUT2D eigenvalue weighted by atomic mass is 16.5. The molecule has 0 radical (unpaired) electrons. The zero-order valence-corrected chi connectivity index (χ0v) is 12.4. The lowest BCUT2D eigenvalue weighted by atomic mass is 9.99. The Morgan fingerprint density at radius 1 is 1.00 bits per heavy atom. The predicted molar refractivity (Wildman–Crippen MR) is 85.1 cm³/mol. The topological polar surface area (TPSA) is 48.4 Å². The number of carbonyl (C=O) groups is 1. The number of aromatic nitrogens is 1. The molecule has 0 bridgehead atoms. The van der Waals surface area contributed by atoms with Gasteiger partial charge < -0.3 is 9.47 Å². The maximum atomic E-state index is 11.8. The molecule has 0 aliphatic heterocycles. The Balaban J connectivity index is 2.27. The Labute approximate surface area is 128 Å². The number of pyridine rings is 1. The minimum atomic E-state index is -0.364. The van der Waals surface area contributed by atoms with Gasteiger partial charge in [-0.2, -0.15) is 0 Å². The molecule has 0 aliphatic carbocycles. The summed E-state index contributed by atoms with van der Waals surface area (Å²) in [5.74, 6) is 0.412. The lowest BCUT2D eigenvalue weighted by Gasteiger charge is -2.11. The van der Waals surface area contributed by atoms with Crippen LogP contribution in [0.3, 0.4) is 0 Å². The Hall–Kier alpha value is -2.88. The third kappa shape index (κ3) is 2.39. The Morgan fingerprint density at radius 3 is 2.59 bits per heavy atom. The minimum Gasteiger partial charge on any atom is -0.496 e. The second kappa shape index (κ2) is 5.85. The average molecular weight is 293 g/mol. The van der Waals surface area contributed by atoms with Crippen molar-refractivity contribution in [3.8, 4) is 16.9 Å². The molecular weight excluding hydrogens is 278 g/mol. The highest BCUT2D eigenvalue weighted by Gasteiger charge is 2.12. The Bertz CT molecular complexity index is 843. The van der Waals surface area contributed by atoms with Crippen molar-refractivity contribution >= 4 is 16.9 Å². The van der Waals surface area contributed by atoms with E-state index >= 15 is 0 Å². The summed E-state index contributed by atoms with van der Waals surface area (Å²) in [5.41, 5.74) is 3.24. The lowest BCUT2D eigenvalue weighted by molar-refractivity contribution is 0.0601. The molecule has 0 atom stereocenters. The van der Waals surface area contributed by atoms with E-state index in [1.807, 2.05) is 36.4 Å². The first-order chi connectivity index (χ1) is 10.7. The highest BCUT2D eigenvalue weighted by molar-refractivity contribution is 6.00. The van der Waals surface area contributed by atoms with Crippen LogP contribution in [0.1, 0.15) is 10.4 Å². The van der Waals surface area contributed by atoms with Crippen LogP contribution in [0.4, 0.5) is 0 Å². The summed E-state index contributed by atoms with van der Waals surface area (Å²) in [7, 11) is 3.01. The molecule has 0 saturated heterocycles. The van der Waals surface area contributed by atoms with Crippen LogP contribution in [-0.4, -0.2) is 25.2 Å². The number of hydrogen-bond donors (Lipinski definition) is 0. The second-order valence-corrected chi connectivity index (χ2v) is 4.78. The number of para-hydroxylation sites is 1. The number of esters is 1. The van der Waals surface area contributed by atoms with Gasteiger partial charge in [0.2, 0.25) is 0 Å². The normalized spacial score (nSPS) is 10.5. The van der Waals surface area contributed by atoms with E-state index in [9.17, 15) is 4.79 Å². The maximum Gasteiger partial charge on any atom is 0.337 e. The van der Waals surface area contributed by atoms with Gasteiger partial charge in [-0.25, -0.2) is 4.79 Å².